The first-order valence-electron chi connectivity index (χ1n) is 7.04. The van der Waals surface area contributed by atoms with Crippen LogP contribution in [0.25, 0.3) is 11.1 Å². The van der Waals surface area contributed by atoms with Gasteiger partial charge in [0.1, 0.15) is 0 Å². The number of nitrogens with zero attached hydrogens (tertiary/aromatic N) is 2. The fourth-order valence-electron chi connectivity index (χ4n) is 2.85. The van der Waals surface area contributed by atoms with Crippen molar-refractivity contribution in [3.8, 4) is 11.1 Å². The van der Waals surface area contributed by atoms with Crippen LogP contribution in [-0.2, 0) is 13.0 Å². The number of hydrogen-bond donors (Lipinski definition) is 1. The van der Waals surface area contributed by atoms with Crippen molar-refractivity contribution in [3.05, 3.63) is 65.3 Å². The van der Waals surface area contributed by atoms with E-state index in [0.717, 1.165) is 12.1 Å². The summed E-state index contributed by atoms with van der Waals surface area (Å²) in [6.07, 6.45) is 1.00. The molecule has 0 saturated heterocycles. The third-order valence-corrected chi connectivity index (χ3v) is 3.81. The van der Waals surface area contributed by atoms with Gasteiger partial charge < -0.3 is 9.84 Å². The molecular weight excluding hydrogens is 262 g/mol. The third-order valence-electron chi connectivity index (χ3n) is 3.81. The van der Waals surface area contributed by atoms with Crippen molar-refractivity contribution >= 4 is 5.69 Å². The number of nitrogens with one attached hydrogen (secondary N) is 1. The summed E-state index contributed by atoms with van der Waals surface area (Å²) in [6.45, 7) is 2.37. The molecule has 0 unspecified atom stereocenters. The Labute approximate surface area is 122 Å². The summed E-state index contributed by atoms with van der Waals surface area (Å²) in [5.41, 5.74) is 6.55. The molecular formula is C17H15N3O. The van der Waals surface area contributed by atoms with E-state index >= 15 is 0 Å². The molecule has 0 amide bonds. The SMILES string of the molecule is Cc1nc(CNc2ccc3c(c2)Cc2ccccc2-3)no1. The van der Waals surface area contributed by atoms with Crippen LogP contribution in [0.5, 0.6) is 0 Å². The van der Waals surface area contributed by atoms with E-state index in [1.807, 2.05) is 0 Å². The topological polar surface area (TPSA) is 51.0 Å². The highest BCUT2D eigenvalue weighted by molar-refractivity contribution is 5.78. The first-order valence-corrected chi connectivity index (χ1v) is 7.04. The van der Waals surface area contributed by atoms with Gasteiger partial charge in [-0.2, -0.15) is 4.98 Å². The van der Waals surface area contributed by atoms with Gasteiger partial charge in [-0.3, -0.25) is 0 Å². The van der Waals surface area contributed by atoms with E-state index in [2.05, 4.69) is 57.9 Å². The normalized spacial score (nSPS) is 12.0. The molecule has 0 radical (unpaired) electrons. The Kier molecular flexibility index (Phi) is 2.74. The lowest BCUT2D eigenvalue weighted by Gasteiger charge is -2.06. The highest BCUT2D eigenvalue weighted by atomic mass is 16.5. The fourth-order valence-corrected chi connectivity index (χ4v) is 2.85. The van der Waals surface area contributed by atoms with Gasteiger partial charge >= 0.3 is 0 Å². The van der Waals surface area contributed by atoms with Crippen LogP contribution < -0.4 is 5.32 Å². The summed E-state index contributed by atoms with van der Waals surface area (Å²) in [7, 11) is 0. The van der Waals surface area contributed by atoms with Gasteiger partial charge in [0.2, 0.25) is 5.89 Å². The maximum absolute atomic E-state index is 4.97. The van der Waals surface area contributed by atoms with Gasteiger partial charge in [-0.05, 0) is 40.8 Å². The molecule has 1 heterocycles. The minimum absolute atomic E-state index is 0.572. The average Bonchev–Trinajstić information content (AvgIpc) is 3.07. The molecule has 3 aromatic rings. The summed E-state index contributed by atoms with van der Waals surface area (Å²) in [5, 5.41) is 7.23. The summed E-state index contributed by atoms with van der Waals surface area (Å²) in [4.78, 5) is 4.19. The third kappa shape index (κ3) is 2.18. The number of benzene rings is 2. The zero-order chi connectivity index (χ0) is 14.2. The van der Waals surface area contributed by atoms with Crippen molar-refractivity contribution in [2.24, 2.45) is 0 Å². The summed E-state index contributed by atoms with van der Waals surface area (Å²) in [6, 6.07) is 15.1. The van der Waals surface area contributed by atoms with Gasteiger partial charge in [0, 0.05) is 12.6 Å². The second-order valence-electron chi connectivity index (χ2n) is 5.29. The second kappa shape index (κ2) is 4.74. The van der Waals surface area contributed by atoms with Crippen molar-refractivity contribution in [2.75, 3.05) is 5.32 Å². The van der Waals surface area contributed by atoms with Crippen molar-refractivity contribution in [3.63, 3.8) is 0 Å². The minimum Gasteiger partial charge on any atom is -0.378 e. The number of hydrogen-bond acceptors (Lipinski definition) is 4. The molecule has 1 N–H and O–H groups in total. The molecule has 0 bridgehead atoms. The Bertz CT molecular complexity index is 807. The summed E-state index contributed by atoms with van der Waals surface area (Å²) >= 11 is 0. The van der Waals surface area contributed by atoms with Crippen LogP contribution in [0.3, 0.4) is 0 Å². The lowest BCUT2D eigenvalue weighted by molar-refractivity contribution is 0.388. The Balaban J connectivity index is 1.56. The monoisotopic (exact) mass is 277 g/mol. The van der Waals surface area contributed by atoms with Crippen LogP contribution in [-0.4, -0.2) is 10.1 Å². The molecule has 0 atom stereocenters. The number of aryl methyl sites for hydroxylation is 1. The molecule has 4 nitrogen and oxygen atoms in total. The van der Waals surface area contributed by atoms with Crippen molar-refractivity contribution in [1.29, 1.82) is 0 Å². The molecule has 2 aromatic carbocycles. The predicted molar refractivity (Wildman–Crippen MR) is 81.0 cm³/mol. The molecule has 104 valence electrons. The highest BCUT2D eigenvalue weighted by Crippen LogP contribution is 2.37. The average molecular weight is 277 g/mol. The van der Waals surface area contributed by atoms with Crippen LogP contribution in [0.15, 0.2) is 47.0 Å². The van der Waals surface area contributed by atoms with E-state index in [1.54, 1.807) is 6.92 Å². The second-order valence-corrected chi connectivity index (χ2v) is 5.29. The molecule has 0 fully saturated rings. The van der Waals surface area contributed by atoms with Gasteiger partial charge in [-0.25, -0.2) is 0 Å². The van der Waals surface area contributed by atoms with Crippen LogP contribution in [0.4, 0.5) is 5.69 Å². The van der Waals surface area contributed by atoms with Crippen molar-refractivity contribution in [1.82, 2.24) is 10.1 Å². The van der Waals surface area contributed by atoms with Crippen molar-refractivity contribution in [2.45, 2.75) is 19.9 Å². The Morgan fingerprint density at radius 3 is 2.81 bits per heavy atom. The maximum atomic E-state index is 4.97. The largest absolute Gasteiger partial charge is 0.378 e. The van der Waals surface area contributed by atoms with Crippen molar-refractivity contribution < 1.29 is 4.52 Å². The number of aromatic nitrogens is 2. The van der Waals surface area contributed by atoms with Gasteiger partial charge in [-0.1, -0.05) is 35.5 Å². The quantitative estimate of drug-likeness (QED) is 0.622. The van der Waals surface area contributed by atoms with Crippen LogP contribution in [0.1, 0.15) is 22.8 Å². The number of fused-ring (bicyclic) bond motifs is 3. The van der Waals surface area contributed by atoms with Crippen LogP contribution >= 0.6 is 0 Å². The highest BCUT2D eigenvalue weighted by Gasteiger charge is 2.17. The first-order chi connectivity index (χ1) is 10.3. The summed E-state index contributed by atoms with van der Waals surface area (Å²) in [5.74, 6) is 1.27. The van der Waals surface area contributed by atoms with Gasteiger partial charge in [-0.15, -0.1) is 0 Å². The smallest absolute Gasteiger partial charge is 0.223 e. The molecule has 1 aliphatic rings. The lowest BCUT2D eigenvalue weighted by atomic mass is 10.1. The van der Waals surface area contributed by atoms with E-state index < -0.39 is 0 Å². The number of anilines is 1. The minimum atomic E-state index is 0.572. The van der Waals surface area contributed by atoms with E-state index in [9.17, 15) is 0 Å². The van der Waals surface area contributed by atoms with E-state index in [1.165, 1.54) is 22.3 Å². The molecule has 4 heteroatoms. The van der Waals surface area contributed by atoms with Crippen LogP contribution in [0.2, 0.25) is 0 Å². The number of rotatable bonds is 3. The zero-order valence-electron chi connectivity index (χ0n) is 11.8. The van der Waals surface area contributed by atoms with Gasteiger partial charge in [0.25, 0.3) is 0 Å². The standard InChI is InChI=1S/C17H15N3O/c1-11-19-17(20-21-11)10-18-14-6-7-16-13(9-14)8-12-4-2-3-5-15(12)16/h2-7,9,18H,8,10H2,1H3. The molecule has 4 rings (SSSR count). The molecule has 0 aliphatic heterocycles. The van der Waals surface area contributed by atoms with E-state index in [0.29, 0.717) is 18.3 Å². The molecule has 0 saturated carbocycles. The molecule has 1 aliphatic carbocycles. The van der Waals surface area contributed by atoms with Gasteiger partial charge in [0.05, 0.1) is 6.54 Å². The fraction of sp³-hybridized carbons (Fsp3) is 0.176. The Hall–Kier alpha value is -2.62. The van der Waals surface area contributed by atoms with Crippen LogP contribution in [0, 0.1) is 6.92 Å². The lowest BCUT2D eigenvalue weighted by Crippen LogP contribution is -2.01. The molecule has 1 aromatic heterocycles. The maximum Gasteiger partial charge on any atom is 0.223 e. The van der Waals surface area contributed by atoms with E-state index in [-0.39, 0.29) is 0 Å². The molecule has 21 heavy (non-hydrogen) atoms. The molecule has 0 spiro atoms. The van der Waals surface area contributed by atoms with E-state index in [4.69, 9.17) is 4.52 Å². The first kappa shape index (κ1) is 12.1. The summed E-state index contributed by atoms with van der Waals surface area (Å²) < 4.78 is 4.97. The zero-order valence-corrected chi connectivity index (χ0v) is 11.8. The predicted octanol–water partition coefficient (Wildman–Crippen LogP) is 3.56. The van der Waals surface area contributed by atoms with Gasteiger partial charge in [0.15, 0.2) is 5.82 Å². The Morgan fingerprint density at radius 1 is 1.10 bits per heavy atom. The Morgan fingerprint density at radius 2 is 1.95 bits per heavy atom.